The molecule has 2 atom stereocenters. The molecule has 132 valence electrons. The SMILES string of the molecule is O=C(C1C2CCCC21)N(CCO)Cc1cnn(Cc2ccccc2)c1. The van der Waals surface area contributed by atoms with Crippen LogP contribution in [-0.4, -0.2) is 38.8 Å². The fourth-order valence-corrected chi connectivity index (χ4v) is 4.35. The maximum absolute atomic E-state index is 12.8. The van der Waals surface area contributed by atoms with E-state index in [1.165, 1.54) is 24.8 Å². The third-order valence-electron chi connectivity index (χ3n) is 5.62. The molecule has 4 rings (SSSR count). The molecule has 1 aromatic carbocycles. The minimum absolute atomic E-state index is 0.00590. The molecule has 2 aromatic rings. The Hall–Kier alpha value is -2.14. The molecule has 1 heterocycles. The number of nitrogens with zero attached hydrogens (tertiary/aromatic N) is 3. The van der Waals surface area contributed by atoms with Crippen LogP contribution in [0.15, 0.2) is 42.7 Å². The summed E-state index contributed by atoms with van der Waals surface area (Å²) in [5, 5.41) is 13.8. The summed E-state index contributed by atoms with van der Waals surface area (Å²) in [4.78, 5) is 14.6. The van der Waals surface area contributed by atoms with Crippen molar-refractivity contribution < 1.29 is 9.90 Å². The standard InChI is InChI=1S/C20H25N3O2/c24-10-9-22(20(25)19-17-7-4-8-18(17)19)12-16-11-21-23(14-16)13-15-5-2-1-3-6-15/h1-3,5-6,11,14,17-19,24H,4,7-10,12-13H2. The molecule has 5 heteroatoms. The molecule has 1 aromatic heterocycles. The first-order valence-electron chi connectivity index (χ1n) is 9.21. The van der Waals surface area contributed by atoms with Gasteiger partial charge in [-0.15, -0.1) is 0 Å². The molecule has 5 nitrogen and oxygen atoms in total. The van der Waals surface area contributed by atoms with Crippen LogP contribution in [0.3, 0.4) is 0 Å². The lowest BCUT2D eigenvalue weighted by molar-refractivity contribution is -0.134. The molecule has 0 bridgehead atoms. The molecule has 25 heavy (non-hydrogen) atoms. The van der Waals surface area contributed by atoms with Crippen molar-refractivity contribution in [3.63, 3.8) is 0 Å². The van der Waals surface area contributed by atoms with Crippen molar-refractivity contribution in [3.8, 4) is 0 Å². The molecular formula is C20H25N3O2. The van der Waals surface area contributed by atoms with E-state index in [1.807, 2.05) is 40.2 Å². The lowest BCUT2D eigenvalue weighted by Gasteiger charge is -2.22. The van der Waals surface area contributed by atoms with Gasteiger partial charge in [-0.25, -0.2) is 0 Å². The highest BCUT2D eigenvalue weighted by atomic mass is 16.3. The van der Waals surface area contributed by atoms with E-state index < -0.39 is 0 Å². The summed E-state index contributed by atoms with van der Waals surface area (Å²) in [6, 6.07) is 10.2. The van der Waals surface area contributed by atoms with E-state index in [1.54, 1.807) is 0 Å². The number of aliphatic hydroxyl groups excluding tert-OH is 1. The molecule has 2 aliphatic rings. The van der Waals surface area contributed by atoms with Crippen molar-refractivity contribution in [2.75, 3.05) is 13.2 Å². The first kappa shape index (κ1) is 16.3. The number of benzene rings is 1. The largest absolute Gasteiger partial charge is 0.395 e. The third kappa shape index (κ3) is 3.47. The highest BCUT2D eigenvalue weighted by Crippen LogP contribution is 2.58. The lowest BCUT2D eigenvalue weighted by atomic mass is 10.1. The van der Waals surface area contributed by atoms with Crippen LogP contribution in [0, 0.1) is 17.8 Å². The molecule has 2 saturated carbocycles. The fourth-order valence-electron chi connectivity index (χ4n) is 4.35. The van der Waals surface area contributed by atoms with Gasteiger partial charge < -0.3 is 10.0 Å². The Bertz CT molecular complexity index is 718. The van der Waals surface area contributed by atoms with Gasteiger partial charge >= 0.3 is 0 Å². The van der Waals surface area contributed by atoms with E-state index in [0.717, 1.165) is 12.1 Å². The highest BCUT2D eigenvalue weighted by Gasteiger charge is 2.57. The van der Waals surface area contributed by atoms with E-state index in [-0.39, 0.29) is 18.4 Å². The molecule has 2 unspecified atom stereocenters. The molecular weight excluding hydrogens is 314 g/mol. The van der Waals surface area contributed by atoms with Gasteiger partial charge in [-0.1, -0.05) is 36.8 Å². The number of aromatic nitrogens is 2. The average Bonchev–Trinajstić information content (AvgIpc) is 2.97. The summed E-state index contributed by atoms with van der Waals surface area (Å²) in [7, 11) is 0. The Morgan fingerprint density at radius 2 is 1.96 bits per heavy atom. The molecule has 1 N–H and O–H groups in total. The minimum Gasteiger partial charge on any atom is -0.395 e. The first-order valence-corrected chi connectivity index (χ1v) is 9.21. The van der Waals surface area contributed by atoms with Crippen molar-refractivity contribution in [2.45, 2.75) is 32.4 Å². The van der Waals surface area contributed by atoms with Gasteiger partial charge in [0.05, 0.1) is 19.3 Å². The molecule has 0 radical (unpaired) electrons. The van der Waals surface area contributed by atoms with Crippen molar-refractivity contribution in [2.24, 2.45) is 17.8 Å². The highest BCUT2D eigenvalue weighted by molar-refractivity contribution is 5.82. The van der Waals surface area contributed by atoms with Crippen LogP contribution in [0.25, 0.3) is 0 Å². The van der Waals surface area contributed by atoms with Crippen LogP contribution in [0.1, 0.15) is 30.4 Å². The molecule has 0 aliphatic heterocycles. The average molecular weight is 339 g/mol. The van der Waals surface area contributed by atoms with Crippen molar-refractivity contribution in [1.82, 2.24) is 14.7 Å². The van der Waals surface area contributed by atoms with Crippen LogP contribution in [0.5, 0.6) is 0 Å². The monoisotopic (exact) mass is 339 g/mol. The van der Waals surface area contributed by atoms with Crippen molar-refractivity contribution in [3.05, 3.63) is 53.9 Å². The van der Waals surface area contributed by atoms with E-state index in [9.17, 15) is 9.90 Å². The van der Waals surface area contributed by atoms with Crippen LogP contribution in [0.4, 0.5) is 0 Å². The van der Waals surface area contributed by atoms with Crippen LogP contribution in [0.2, 0.25) is 0 Å². The molecule has 0 saturated heterocycles. The summed E-state index contributed by atoms with van der Waals surface area (Å²) in [6.45, 7) is 1.66. The van der Waals surface area contributed by atoms with Gasteiger partial charge in [0.2, 0.25) is 5.91 Å². The van der Waals surface area contributed by atoms with Crippen molar-refractivity contribution in [1.29, 1.82) is 0 Å². The van der Waals surface area contributed by atoms with Crippen LogP contribution < -0.4 is 0 Å². The van der Waals surface area contributed by atoms with Crippen LogP contribution in [-0.2, 0) is 17.9 Å². The molecule has 0 spiro atoms. The number of hydrogen-bond donors (Lipinski definition) is 1. The zero-order chi connectivity index (χ0) is 17.2. The third-order valence-corrected chi connectivity index (χ3v) is 5.62. The van der Waals surface area contributed by atoms with E-state index in [0.29, 0.717) is 24.9 Å². The fraction of sp³-hybridized carbons (Fsp3) is 0.500. The Labute approximate surface area is 148 Å². The number of fused-ring (bicyclic) bond motifs is 1. The molecule has 2 aliphatic carbocycles. The number of aliphatic hydroxyl groups is 1. The minimum atomic E-state index is 0.00590. The van der Waals surface area contributed by atoms with Gasteiger partial charge in [-0.3, -0.25) is 9.48 Å². The summed E-state index contributed by atoms with van der Waals surface area (Å²) in [6.07, 6.45) is 7.49. The van der Waals surface area contributed by atoms with Gasteiger partial charge in [-0.05, 0) is 30.2 Å². The zero-order valence-corrected chi connectivity index (χ0v) is 14.4. The van der Waals surface area contributed by atoms with E-state index >= 15 is 0 Å². The Kier molecular flexibility index (Phi) is 4.57. The first-order chi connectivity index (χ1) is 12.3. The maximum Gasteiger partial charge on any atom is 0.226 e. The Balaban J connectivity index is 1.39. The quantitative estimate of drug-likeness (QED) is 0.842. The van der Waals surface area contributed by atoms with Crippen LogP contribution >= 0.6 is 0 Å². The van der Waals surface area contributed by atoms with Gasteiger partial charge in [0.15, 0.2) is 0 Å². The summed E-state index contributed by atoms with van der Waals surface area (Å²) in [5.74, 6) is 1.64. The maximum atomic E-state index is 12.8. The van der Waals surface area contributed by atoms with E-state index in [4.69, 9.17) is 0 Å². The summed E-state index contributed by atoms with van der Waals surface area (Å²) < 4.78 is 1.90. The molecule has 1 amide bonds. The number of rotatable bonds is 7. The number of hydrogen-bond acceptors (Lipinski definition) is 3. The predicted octanol–water partition coefficient (Wildman–Crippen LogP) is 2.30. The van der Waals surface area contributed by atoms with Crippen molar-refractivity contribution >= 4 is 5.91 Å². The summed E-state index contributed by atoms with van der Waals surface area (Å²) >= 11 is 0. The molecule has 2 fully saturated rings. The Morgan fingerprint density at radius 1 is 1.20 bits per heavy atom. The smallest absolute Gasteiger partial charge is 0.226 e. The number of amides is 1. The number of carbonyl (C=O) groups is 1. The second kappa shape index (κ2) is 7.00. The van der Waals surface area contributed by atoms with Gasteiger partial charge in [-0.2, -0.15) is 5.10 Å². The van der Waals surface area contributed by atoms with E-state index in [2.05, 4.69) is 17.2 Å². The second-order valence-corrected chi connectivity index (χ2v) is 7.30. The number of carbonyl (C=O) groups excluding carboxylic acids is 1. The second-order valence-electron chi connectivity index (χ2n) is 7.30. The summed E-state index contributed by atoms with van der Waals surface area (Å²) in [5.41, 5.74) is 2.22. The predicted molar refractivity (Wildman–Crippen MR) is 94.6 cm³/mol. The van der Waals surface area contributed by atoms with Gasteiger partial charge in [0.1, 0.15) is 0 Å². The van der Waals surface area contributed by atoms with Gasteiger partial charge in [0.25, 0.3) is 0 Å². The lowest BCUT2D eigenvalue weighted by Crippen LogP contribution is -2.35. The topological polar surface area (TPSA) is 58.4 Å². The zero-order valence-electron chi connectivity index (χ0n) is 14.4. The van der Waals surface area contributed by atoms with Gasteiger partial charge in [0, 0.05) is 30.8 Å². The Morgan fingerprint density at radius 3 is 2.68 bits per heavy atom. The normalized spacial score (nSPS) is 24.1.